The lowest BCUT2D eigenvalue weighted by Crippen LogP contribution is -2.49. The van der Waals surface area contributed by atoms with Gasteiger partial charge in [-0.3, -0.25) is 29.0 Å². The standard InChI is InChI=1S/C30H18N2O8/c1-11(29(37)38)31-25(33)17-7-3-13-15-5-9-19-24-20(28(36)32(27(19)35)12(2)30(39)40)10-6-16(22(15)24)14-4-8-18(26(31)34)23(17)21(13)14/h3-12H,1-2H3,(H,37,38)(H,39,40). The topological polar surface area (TPSA) is 149 Å². The Morgan fingerprint density at radius 1 is 0.500 bits per heavy atom. The van der Waals surface area contributed by atoms with Crippen molar-refractivity contribution in [1.29, 1.82) is 0 Å². The number of fused-ring (bicyclic) bond motifs is 2. The van der Waals surface area contributed by atoms with E-state index < -0.39 is 47.7 Å². The predicted molar refractivity (Wildman–Crippen MR) is 143 cm³/mol. The van der Waals surface area contributed by atoms with E-state index in [0.717, 1.165) is 9.80 Å². The lowest BCUT2D eigenvalue weighted by Gasteiger charge is -2.32. The average Bonchev–Trinajstić information content (AvgIpc) is 2.93. The molecule has 10 nitrogen and oxygen atoms in total. The van der Waals surface area contributed by atoms with Crippen molar-refractivity contribution in [3.05, 3.63) is 70.8 Å². The third-order valence-corrected chi connectivity index (χ3v) is 8.19. The minimum absolute atomic E-state index is 0.209. The van der Waals surface area contributed by atoms with E-state index in [-0.39, 0.29) is 22.3 Å². The quantitative estimate of drug-likeness (QED) is 0.200. The number of aliphatic carboxylic acids is 2. The zero-order valence-electron chi connectivity index (χ0n) is 21.0. The summed E-state index contributed by atoms with van der Waals surface area (Å²) >= 11 is 0. The minimum Gasteiger partial charge on any atom is -0.480 e. The first kappa shape index (κ1) is 23.7. The number of hydrogen-bond donors (Lipinski definition) is 2. The zero-order valence-corrected chi connectivity index (χ0v) is 21.0. The molecule has 10 heteroatoms. The van der Waals surface area contributed by atoms with Crippen LogP contribution in [0.15, 0.2) is 48.5 Å². The van der Waals surface area contributed by atoms with Gasteiger partial charge < -0.3 is 10.2 Å². The van der Waals surface area contributed by atoms with Crippen molar-refractivity contribution in [2.45, 2.75) is 25.9 Å². The summed E-state index contributed by atoms with van der Waals surface area (Å²) in [6.07, 6.45) is 0. The van der Waals surface area contributed by atoms with Crippen molar-refractivity contribution in [2.24, 2.45) is 0 Å². The van der Waals surface area contributed by atoms with Crippen LogP contribution < -0.4 is 0 Å². The molecule has 5 aromatic rings. The van der Waals surface area contributed by atoms with Gasteiger partial charge in [-0.1, -0.05) is 24.3 Å². The Morgan fingerprint density at radius 3 is 0.975 bits per heavy atom. The van der Waals surface area contributed by atoms with E-state index in [1.807, 2.05) is 0 Å². The molecule has 2 atom stereocenters. The number of benzene rings is 5. The molecule has 5 aromatic carbocycles. The van der Waals surface area contributed by atoms with Crippen LogP contribution in [-0.4, -0.2) is 67.7 Å². The van der Waals surface area contributed by atoms with Gasteiger partial charge in [-0.05, 0) is 70.4 Å². The predicted octanol–water partition coefficient (Wildman–Crippen LogP) is 3.88. The van der Waals surface area contributed by atoms with Gasteiger partial charge in [-0.15, -0.1) is 0 Å². The SMILES string of the molecule is CC(C(=O)O)N1C(=O)c2ccc3c4ccc5c6c(ccc(c7ccc(c2c37)C1=O)c64)C(=O)N(C(C)C(=O)O)C5=O. The summed E-state index contributed by atoms with van der Waals surface area (Å²) in [6.45, 7) is 2.56. The molecule has 40 heavy (non-hydrogen) atoms. The summed E-state index contributed by atoms with van der Waals surface area (Å²) in [6, 6.07) is 10.4. The van der Waals surface area contributed by atoms with Gasteiger partial charge >= 0.3 is 11.9 Å². The molecule has 0 spiro atoms. The first-order valence-electron chi connectivity index (χ1n) is 12.5. The van der Waals surface area contributed by atoms with Crippen LogP contribution in [0, 0.1) is 0 Å². The minimum atomic E-state index is -1.36. The largest absolute Gasteiger partial charge is 0.480 e. The number of carbonyl (C=O) groups excluding carboxylic acids is 4. The Labute approximate surface area is 224 Å². The summed E-state index contributed by atoms with van der Waals surface area (Å²) in [5.41, 5.74) is 0.837. The number of imide groups is 2. The molecule has 2 heterocycles. The maximum atomic E-state index is 13.4. The summed E-state index contributed by atoms with van der Waals surface area (Å²) in [4.78, 5) is 78.3. The van der Waals surface area contributed by atoms with Crippen LogP contribution in [0.5, 0.6) is 0 Å². The van der Waals surface area contributed by atoms with Gasteiger partial charge in [0, 0.05) is 33.0 Å². The van der Waals surface area contributed by atoms with Gasteiger partial charge in [-0.2, -0.15) is 0 Å². The monoisotopic (exact) mass is 534 g/mol. The van der Waals surface area contributed by atoms with Gasteiger partial charge in [0.15, 0.2) is 0 Å². The molecule has 196 valence electrons. The van der Waals surface area contributed by atoms with Gasteiger partial charge in [0.25, 0.3) is 23.6 Å². The summed E-state index contributed by atoms with van der Waals surface area (Å²) in [7, 11) is 0. The number of carboxylic acid groups (broad SMARTS) is 2. The molecular formula is C30H18N2O8. The van der Waals surface area contributed by atoms with Gasteiger partial charge in [0.05, 0.1) is 0 Å². The number of carboxylic acids is 2. The van der Waals surface area contributed by atoms with Crippen molar-refractivity contribution in [3.8, 4) is 0 Å². The molecule has 7 rings (SSSR count). The Kier molecular flexibility index (Phi) is 4.50. The Bertz CT molecular complexity index is 1830. The number of rotatable bonds is 4. The number of nitrogens with zero attached hydrogens (tertiary/aromatic N) is 2. The summed E-state index contributed by atoms with van der Waals surface area (Å²) in [5, 5.41) is 23.9. The third kappa shape index (κ3) is 2.67. The van der Waals surface area contributed by atoms with Gasteiger partial charge in [0.2, 0.25) is 0 Å². The molecule has 0 saturated heterocycles. The number of hydrogen-bond acceptors (Lipinski definition) is 6. The van der Waals surface area contributed by atoms with Crippen molar-refractivity contribution >= 4 is 78.7 Å². The van der Waals surface area contributed by atoms with E-state index in [1.165, 1.54) is 13.8 Å². The van der Waals surface area contributed by atoms with Crippen LogP contribution in [0.2, 0.25) is 0 Å². The molecule has 0 aliphatic carbocycles. The fourth-order valence-corrected chi connectivity index (χ4v) is 6.23. The molecular weight excluding hydrogens is 516 g/mol. The van der Waals surface area contributed by atoms with E-state index in [4.69, 9.17) is 0 Å². The molecule has 2 N–H and O–H groups in total. The zero-order chi connectivity index (χ0) is 28.4. The highest BCUT2D eigenvalue weighted by molar-refractivity contribution is 6.41. The average molecular weight is 534 g/mol. The maximum Gasteiger partial charge on any atom is 0.326 e. The van der Waals surface area contributed by atoms with Crippen molar-refractivity contribution < 1.29 is 39.0 Å². The fourth-order valence-electron chi connectivity index (χ4n) is 6.23. The molecule has 0 aromatic heterocycles. The smallest absolute Gasteiger partial charge is 0.326 e. The Hall–Kier alpha value is -5.38. The first-order valence-corrected chi connectivity index (χ1v) is 12.5. The van der Waals surface area contributed by atoms with Crippen molar-refractivity contribution in [3.63, 3.8) is 0 Å². The van der Waals surface area contributed by atoms with Crippen LogP contribution in [-0.2, 0) is 9.59 Å². The highest BCUT2D eigenvalue weighted by atomic mass is 16.4. The van der Waals surface area contributed by atoms with Crippen molar-refractivity contribution in [1.82, 2.24) is 9.80 Å². The summed E-state index contributed by atoms with van der Waals surface area (Å²) < 4.78 is 0. The second-order valence-electron chi connectivity index (χ2n) is 10.1. The first-order chi connectivity index (χ1) is 19.0. The number of carbonyl (C=O) groups is 6. The van der Waals surface area contributed by atoms with Crippen LogP contribution in [0.4, 0.5) is 0 Å². The molecule has 2 unspecified atom stereocenters. The normalized spacial score (nSPS) is 16.6. The molecule has 4 amide bonds. The molecule has 0 saturated carbocycles. The molecule has 0 radical (unpaired) electrons. The van der Waals surface area contributed by atoms with Gasteiger partial charge in [0.1, 0.15) is 12.1 Å². The molecule has 0 fully saturated rings. The fraction of sp³-hybridized carbons (Fsp3) is 0.133. The molecule has 0 bridgehead atoms. The van der Waals surface area contributed by atoms with E-state index in [2.05, 4.69) is 0 Å². The second kappa shape index (κ2) is 7.60. The highest BCUT2D eigenvalue weighted by Crippen LogP contribution is 2.46. The van der Waals surface area contributed by atoms with Crippen LogP contribution in [0.25, 0.3) is 43.1 Å². The molecule has 2 aliphatic rings. The lowest BCUT2D eigenvalue weighted by molar-refractivity contribution is -0.141. The van der Waals surface area contributed by atoms with Crippen LogP contribution in [0.3, 0.4) is 0 Å². The Morgan fingerprint density at radius 2 is 0.750 bits per heavy atom. The van der Waals surface area contributed by atoms with Crippen LogP contribution in [0.1, 0.15) is 55.3 Å². The van der Waals surface area contributed by atoms with E-state index in [9.17, 15) is 39.0 Å². The Balaban J connectivity index is 1.57. The van der Waals surface area contributed by atoms with E-state index in [1.54, 1.807) is 48.5 Å². The van der Waals surface area contributed by atoms with E-state index in [0.29, 0.717) is 43.1 Å². The van der Waals surface area contributed by atoms with Crippen molar-refractivity contribution in [2.75, 3.05) is 0 Å². The molecule has 2 aliphatic heterocycles. The van der Waals surface area contributed by atoms with Gasteiger partial charge in [-0.25, -0.2) is 9.59 Å². The second-order valence-corrected chi connectivity index (χ2v) is 10.1. The number of amides is 4. The maximum absolute atomic E-state index is 13.4. The third-order valence-electron chi connectivity index (χ3n) is 8.19. The van der Waals surface area contributed by atoms with Crippen LogP contribution >= 0.6 is 0 Å². The summed E-state index contributed by atoms with van der Waals surface area (Å²) in [5.74, 6) is -5.39. The highest BCUT2D eigenvalue weighted by Gasteiger charge is 2.41. The van der Waals surface area contributed by atoms with E-state index >= 15 is 0 Å². The lowest BCUT2D eigenvalue weighted by atomic mass is 9.82.